The van der Waals surface area contributed by atoms with Gasteiger partial charge in [0.15, 0.2) is 23.3 Å². The number of methoxy groups -OCH3 is 1. The van der Waals surface area contributed by atoms with E-state index in [1.807, 2.05) is 62.4 Å². The van der Waals surface area contributed by atoms with Crippen molar-refractivity contribution in [2.24, 2.45) is 4.99 Å². The number of hydrogen-bond acceptors (Lipinski definition) is 6. The zero-order chi connectivity index (χ0) is 25.7. The molecule has 0 aromatic heterocycles. The summed E-state index contributed by atoms with van der Waals surface area (Å²) in [7, 11) is 1.48. The molecule has 0 atom stereocenters. The van der Waals surface area contributed by atoms with Gasteiger partial charge in [-0.2, -0.15) is 0 Å². The molecule has 7 nitrogen and oxygen atoms in total. The minimum absolute atomic E-state index is 0.241. The molecule has 0 radical (unpaired) electrons. The Hall–Kier alpha value is -3.75. The van der Waals surface area contributed by atoms with Crippen LogP contribution in [-0.2, 0) is 9.59 Å². The average molecular weight is 522 g/mol. The second-order valence-corrected chi connectivity index (χ2v) is 9.49. The minimum atomic E-state index is -0.331. The van der Waals surface area contributed by atoms with E-state index < -0.39 is 0 Å². The summed E-state index contributed by atoms with van der Waals surface area (Å²) in [5.41, 5.74) is 4.29. The van der Waals surface area contributed by atoms with Crippen molar-refractivity contribution < 1.29 is 19.1 Å². The number of aryl methyl sites for hydroxylation is 2. The number of amides is 2. The fourth-order valence-electron chi connectivity index (χ4n) is 3.30. The first-order chi connectivity index (χ1) is 17.3. The van der Waals surface area contributed by atoms with Gasteiger partial charge in [-0.3, -0.25) is 9.59 Å². The van der Waals surface area contributed by atoms with Gasteiger partial charge in [0.25, 0.3) is 11.8 Å². The molecule has 184 valence electrons. The molecule has 9 heteroatoms. The number of aliphatic imine (C=N–C) groups is 1. The molecule has 4 rings (SSSR count). The SMILES string of the molecule is COc1cc(/C=C2/SC(=Nc3ccc(C)cc3)NC2=O)cc(Cl)c1OCC(=O)Nc1ccc(C)cc1. The molecule has 0 bridgehead atoms. The number of rotatable bonds is 7. The summed E-state index contributed by atoms with van der Waals surface area (Å²) >= 11 is 7.68. The fraction of sp³-hybridized carbons (Fsp3) is 0.148. The summed E-state index contributed by atoms with van der Waals surface area (Å²) in [4.78, 5) is 29.7. The first-order valence-corrected chi connectivity index (χ1v) is 12.2. The summed E-state index contributed by atoms with van der Waals surface area (Å²) < 4.78 is 11.1. The maximum atomic E-state index is 12.5. The Labute approximate surface area is 218 Å². The Kier molecular flexibility index (Phi) is 7.97. The predicted molar refractivity (Wildman–Crippen MR) is 145 cm³/mol. The normalized spacial score (nSPS) is 15.2. The van der Waals surface area contributed by atoms with E-state index in [2.05, 4.69) is 15.6 Å². The number of benzene rings is 3. The largest absolute Gasteiger partial charge is 0.493 e. The predicted octanol–water partition coefficient (Wildman–Crippen LogP) is 5.87. The van der Waals surface area contributed by atoms with Gasteiger partial charge in [-0.25, -0.2) is 4.99 Å². The molecule has 36 heavy (non-hydrogen) atoms. The highest BCUT2D eigenvalue weighted by Gasteiger charge is 2.24. The van der Waals surface area contributed by atoms with Crippen molar-refractivity contribution in [2.75, 3.05) is 19.0 Å². The lowest BCUT2D eigenvalue weighted by Gasteiger charge is -2.13. The third kappa shape index (κ3) is 6.47. The van der Waals surface area contributed by atoms with Crippen molar-refractivity contribution >= 4 is 57.8 Å². The number of ether oxygens (including phenoxy) is 2. The molecule has 1 saturated heterocycles. The van der Waals surface area contributed by atoms with E-state index in [0.717, 1.165) is 16.8 Å². The average Bonchev–Trinajstić information content (AvgIpc) is 3.19. The third-order valence-electron chi connectivity index (χ3n) is 5.15. The van der Waals surface area contributed by atoms with Gasteiger partial charge < -0.3 is 20.1 Å². The Morgan fingerprint density at radius 2 is 1.75 bits per heavy atom. The molecular weight excluding hydrogens is 498 g/mol. The molecule has 0 spiro atoms. The van der Waals surface area contributed by atoms with E-state index in [4.69, 9.17) is 21.1 Å². The number of anilines is 1. The number of hydrogen-bond donors (Lipinski definition) is 2. The van der Waals surface area contributed by atoms with Crippen LogP contribution in [0.1, 0.15) is 16.7 Å². The number of nitrogens with one attached hydrogen (secondary N) is 2. The fourth-order valence-corrected chi connectivity index (χ4v) is 4.42. The monoisotopic (exact) mass is 521 g/mol. The van der Waals surface area contributed by atoms with Crippen molar-refractivity contribution in [3.63, 3.8) is 0 Å². The van der Waals surface area contributed by atoms with Crippen molar-refractivity contribution in [3.8, 4) is 11.5 Å². The van der Waals surface area contributed by atoms with Crippen LogP contribution in [0.2, 0.25) is 5.02 Å². The standard InChI is InChI=1S/C27H24ClN3O4S/c1-16-4-8-19(9-5-16)29-24(32)15-35-25-21(28)12-18(13-22(25)34-3)14-23-26(33)31-27(36-23)30-20-10-6-17(2)7-11-20/h4-14H,15H2,1-3H3,(H,29,32)(H,30,31,33)/b23-14+. The number of carbonyl (C=O) groups excluding carboxylic acids is 2. The lowest BCUT2D eigenvalue weighted by Crippen LogP contribution is -2.20. The van der Waals surface area contributed by atoms with Crippen molar-refractivity contribution in [2.45, 2.75) is 13.8 Å². The number of amidine groups is 1. The quantitative estimate of drug-likeness (QED) is 0.379. The third-order valence-corrected chi connectivity index (χ3v) is 6.34. The summed E-state index contributed by atoms with van der Waals surface area (Å²) in [5, 5.41) is 6.28. The Bertz CT molecular complexity index is 1350. The van der Waals surface area contributed by atoms with E-state index in [1.54, 1.807) is 18.2 Å². The van der Waals surface area contributed by atoms with Gasteiger partial charge in [-0.05, 0) is 73.6 Å². The van der Waals surface area contributed by atoms with Gasteiger partial charge in [0.1, 0.15) is 0 Å². The van der Waals surface area contributed by atoms with Gasteiger partial charge in [0.05, 0.1) is 22.7 Å². The van der Waals surface area contributed by atoms with Crippen LogP contribution in [0, 0.1) is 13.8 Å². The van der Waals surface area contributed by atoms with Crippen LogP contribution in [0.25, 0.3) is 6.08 Å². The van der Waals surface area contributed by atoms with E-state index in [1.165, 1.54) is 18.9 Å². The highest BCUT2D eigenvalue weighted by Crippen LogP contribution is 2.38. The molecule has 2 N–H and O–H groups in total. The highest BCUT2D eigenvalue weighted by atomic mass is 35.5. The summed E-state index contributed by atoms with van der Waals surface area (Å²) in [6.07, 6.45) is 1.69. The number of halogens is 1. The molecule has 0 unspecified atom stereocenters. The molecular formula is C27H24ClN3O4S. The zero-order valence-corrected chi connectivity index (χ0v) is 21.5. The molecule has 0 saturated carbocycles. The molecule has 2 amide bonds. The summed E-state index contributed by atoms with van der Waals surface area (Å²) in [6.45, 7) is 3.72. The molecule has 1 fully saturated rings. The van der Waals surface area contributed by atoms with Crippen LogP contribution in [0.15, 0.2) is 70.6 Å². The first kappa shape index (κ1) is 25.3. The smallest absolute Gasteiger partial charge is 0.264 e. The lowest BCUT2D eigenvalue weighted by atomic mass is 10.2. The van der Waals surface area contributed by atoms with Gasteiger partial charge in [0.2, 0.25) is 0 Å². The number of nitrogens with zero attached hydrogens (tertiary/aromatic N) is 1. The molecule has 1 aliphatic rings. The molecule has 0 aliphatic carbocycles. The van der Waals surface area contributed by atoms with Gasteiger partial charge >= 0.3 is 0 Å². The lowest BCUT2D eigenvalue weighted by molar-refractivity contribution is -0.118. The van der Waals surface area contributed by atoms with E-state index in [0.29, 0.717) is 27.1 Å². The first-order valence-electron chi connectivity index (χ1n) is 11.0. The Morgan fingerprint density at radius 1 is 1.08 bits per heavy atom. The molecule has 1 aliphatic heterocycles. The van der Waals surface area contributed by atoms with Crippen molar-refractivity contribution in [1.29, 1.82) is 0 Å². The molecule has 1 heterocycles. The van der Waals surface area contributed by atoms with Crippen LogP contribution in [-0.4, -0.2) is 30.7 Å². The van der Waals surface area contributed by atoms with Gasteiger partial charge in [-0.15, -0.1) is 0 Å². The summed E-state index contributed by atoms with van der Waals surface area (Å²) in [5.74, 6) is -0.00315. The van der Waals surface area contributed by atoms with Crippen LogP contribution in [0.3, 0.4) is 0 Å². The second-order valence-electron chi connectivity index (χ2n) is 8.05. The molecule has 3 aromatic rings. The van der Waals surface area contributed by atoms with E-state index in [9.17, 15) is 9.59 Å². The zero-order valence-electron chi connectivity index (χ0n) is 19.9. The van der Waals surface area contributed by atoms with E-state index >= 15 is 0 Å². The van der Waals surface area contributed by atoms with Crippen LogP contribution >= 0.6 is 23.4 Å². The van der Waals surface area contributed by atoms with Crippen LogP contribution in [0.4, 0.5) is 11.4 Å². The van der Waals surface area contributed by atoms with Gasteiger partial charge in [0, 0.05) is 5.69 Å². The van der Waals surface area contributed by atoms with Crippen molar-refractivity contribution in [3.05, 3.63) is 87.3 Å². The molecule has 3 aromatic carbocycles. The maximum Gasteiger partial charge on any atom is 0.264 e. The Morgan fingerprint density at radius 3 is 2.42 bits per heavy atom. The second kappa shape index (κ2) is 11.3. The summed E-state index contributed by atoms with van der Waals surface area (Å²) in [6, 6.07) is 18.5. The highest BCUT2D eigenvalue weighted by molar-refractivity contribution is 8.18. The topological polar surface area (TPSA) is 89.0 Å². The van der Waals surface area contributed by atoms with E-state index in [-0.39, 0.29) is 29.2 Å². The van der Waals surface area contributed by atoms with Crippen LogP contribution in [0.5, 0.6) is 11.5 Å². The number of thioether (sulfide) groups is 1. The minimum Gasteiger partial charge on any atom is -0.493 e. The maximum absolute atomic E-state index is 12.5. The number of carbonyl (C=O) groups is 2. The van der Waals surface area contributed by atoms with Crippen LogP contribution < -0.4 is 20.1 Å². The van der Waals surface area contributed by atoms with Crippen molar-refractivity contribution in [1.82, 2.24) is 5.32 Å². The Balaban J connectivity index is 1.45. The van der Waals surface area contributed by atoms with Gasteiger partial charge in [-0.1, -0.05) is 47.0 Å².